The molecular formula is C24H24ClN5OS. The van der Waals surface area contributed by atoms with Crippen LogP contribution in [-0.4, -0.2) is 38.7 Å². The summed E-state index contributed by atoms with van der Waals surface area (Å²) in [5.41, 5.74) is 5.29. The number of nitrogens with one attached hydrogen (secondary N) is 1. The second-order valence-corrected chi connectivity index (χ2v) is 9.39. The molecule has 1 aromatic heterocycles. The zero-order valence-electron chi connectivity index (χ0n) is 18.3. The zero-order chi connectivity index (χ0) is 22.8. The molecule has 1 aliphatic carbocycles. The molecule has 0 bridgehead atoms. The van der Waals surface area contributed by atoms with Crippen molar-refractivity contribution in [3.63, 3.8) is 0 Å². The molecule has 164 valence electrons. The molecule has 3 heterocycles. The van der Waals surface area contributed by atoms with Gasteiger partial charge in [-0.15, -0.1) is 28.4 Å². The lowest BCUT2D eigenvalue weighted by atomic mass is 9.92. The van der Waals surface area contributed by atoms with E-state index in [1.54, 1.807) is 11.8 Å². The Kier molecular flexibility index (Phi) is 6.54. The summed E-state index contributed by atoms with van der Waals surface area (Å²) in [6.07, 6.45) is 14.0. The Labute approximate surface area is 197 Å². The summed E-state index contributed by atoms with van der Waals surface area (Å²) < 4.78 is 2.07. The number of aromatic nitrogens is 3. The third kappa shape index (κ3) is 4.25. The van der Waals surface area contributed by atoms with E-state index in [9.17, 15) is 4.79 Å². The predicted molar refractivity (Wildman–Crippen MR) is 131 cm³/mol. The molecule has 0 aromatic carbocycles. The smallest absolute Gasteiger partial charge is 0.223 e. The number of allylic oxidation sites excluding steroid dienone is 9. The van der Waals surface area contributed by atoms with Gasteiger partial charge in [0.2, 0.25) is 5.91 Å². The average Bonchev–Trinajstić information content (AvgIpc) is 2.93. The number of fused-ring (bicyclic) bond motifs is 2. The highest BCUT2D eigenvalue weighted by molar-refractivity contribution is 8.03. The molecule has 1 N–H and O–H groups in total. The van der Waals surface area contributed by atoms with Crippen LogP contribution in [-0.2, 0) is 4.79 Å². The standard InChI is InChI=1S/C24H24ClN5OS/c1-5-11-26-21(31)12-19-24-29-28-16(4)30(24)20-13-32-15(3)14(2)22(20)23(27-19)17-7-6-8-18(25)10-9-17/h1,6,8-10,19H,7,11-13H2,2-4H3,(H,26,31)/t19-/m0/s1. The molecule has 8 heteroatoms. The van der Waals surface area contributed by atoms with Gasteiger partial charge in [0.15, 0.2) is 5.82 Å². The average molecular weight is 466 g/mol. The lowest BCUT2D eigenvalue weighted by Gasteiger charge is -2.24. The molecule has 0 unspecified atom stereocenters. The summed E-state index contributed by atoms with van der Waals surface area (Å²) in [7, 11) is 0. The number of aryl methyl sites for hydroxylation is 1. The topological polar surface area (TPSA) is 72.2 Å². The molecule has 0 saturated carbocycles. The SMILES string of the molecule is C#CCNC(=O)C[C@@H]1N=C(C2=CC=C(Cl)C=CC2)C2=C(CSC(C)=C2C)n2c(C)nnc21. The van der Waals surface area contributed by atoms with Gasteiger partial charge in [-0.2, -0.15) is 0 Å². The van der Waals surface area contributed by atoms with Crippen molar-refractivity contribution in [2.45, 2.75) is 39.7 Å². The van der Waals surface area contributed by atoms with Gasteiger partial charge >= 0.3 is 0 Å². The molecule has 6 nitrogen and oxygen atoms in total. The van der Waals surface area contributed by atoms with E-state index in [4.69, 9.17) is 23.0 Å². The first kappa shape index (κ1) is 22.4. The van der Waals surface area contributed by atoms with Crippen LogP contribution in [0.3, 0.4) is 0 Å². The maximum Gasteiger partial charge on any atom is 0.223 e. The minimum atomic E-state index is -0.486. The van der Waals surface area contributed by atoms with Gasteiger partial charge in [0.1, 0.15) is 11.9 Å². The first-order chi connectivity index (χ1) is 15.4. The molecule has 2 aliphatic heterocycles. The Bertz CT molecular complexity index is 1210. The number of thioether (sulfide) groups is 1. The van der Waals surface area contributed by atoms with E-state index in [2.05, 4.69) is 39.8 Å². The van der Waals surface area contributed by atoms with Crippen LogP contribution in [0.1, 0.15) is 44.4 Å². The van der Waals surface area contributed by atoms with Crippen LogP contribution in [0.5, 0.6) is 0 Å². The fraction of sp³-hybridized carbons (Fsp3) is 0.333. The number of rotatable bonds is 4. The lowest BCUT2D eigenvalue weighted by Crippen LogP contribution is -2.25. The van der Waals surface area contributed by atoms with Gasteiger partial charge in [0, 0.05) is 22.1 Å². The fourth-order valence-electron chi connectivity index (χ4n) is 4.00. The van der Waals surface area contributed by atoms with Gasteiger partial charge in [-0.25, -0.2) is 0 Å². The number of hydrogen-bond acceptors (Lipinski definition) is 5. The number of aliphatic imine (C=N–C) groups is 1. The van der Waals surface area contributed by atoms with E-state index >= 15 is 0 Å². The van der Waals surface area contributed by atoms with E-state index in [0.717, 1.165) is 34.1 Å². The van der Waals surface area contributed by atoms with Crippen molar-refractivity contribution < 1.29 is 4.79 Å². The monoisotopic (exact) mass is 465 g/mol. The van der Waals surface area contributed by atoms with Crippen LogP contribution in [0.2, 0.25) is 0 Å². The van der Waals surface area contributed by atoms with Crippen LogP contribution in [0.4, 0.5) is 0 Å². The van der Waals surface area contributed by atoms with Gasteiger partial charge in [0.05, 0.1) is 18.7 Å². The third-order valence-corrected chi connectivity index (χ3v) is 7.09. The molecule has 1 amide bonds. The van der Waals surface area contributed by atoms with Crippen molar-refractivity contribution in [1.29, 1.82) is 0 Å². The fourth-order valence-corrected chi connectivity index (χ4v) is 5.10. The maximum absolute atomic E-state index is 12.6. The molecule has 32 heavy (non-hydrogen) atoms. The van der Waals surface area contributed by atoms with Crippen LogP contribution < -0.4 is 5.32 Å². The molecule has 0 saturated heterocycles. The summed E-state index contributed by atoms with van der Waals surface area (Å²) in [5.74, 6) is 4.50. The quantitative estimate of drug-likeness (QED) is 0.665. The highest BCUT2D eigenvalue weighted by Gasteiger charge is 2.34. The summed E-state index contributed by atoms with van der Waals surface area (Å²) in [5, 5.41) is 12.2. The van der Waals surface area contributed by atoms with Gasteiger partial charge in [-0.1, -0.05) is 29.7 Å². The van der Waals surface area contributed by atoms with Crippen molar-refractivity contribution in [1.82, 2.24) is 20.1 Å². The number of terminal acetylenes is 1. The first-order valence-corrected chi connectivity index (χ1v) is 11.7. The Morgan fingerprint density at radius 1 is 1.34 bits per heavy atom. The summed E-state index contributed by atoms with van der Waals surface area (Å²) in [6.45, 7) is 6.37. The Morgan fingerprint density at radius 2 is 2.16 bits per heavy atom. The molecular weight excluding hydrogens is 442 g/mol. The zero-order valence-corrected chi connectivity index (χ0v) is 19.8. The highest BCUT2D eigenvalue weighted by Crippen LogP contribution is 2.42. The van der Waals surface area contributed by atoms with E-state index in [0.29, 0.717) is 17.3 Å². The molecule has 0 fully saturated rings. The first-order valence-electron chi connectivity index (χ1n) is 10.4. The van der Waals surface area contributed by atoms with E-state index < -0.39 is 6.04 Å². The van der Waals surface area contributed by atoms with Crippen molar-refractivity contribution in [2.75, 3.05) is 12.3 Å². The summed E-state index contributed by atoms with van der Waals surface area (Å²) >= 11 is 8.04. The highest BCUT2D eigenvalue weighted by atomic mass is 35.5. The minimum absolute atomic E-state index is 0.137. The Morgan fingerprint density at radius 3 is 2.94 bits per heavy atom. The number of halogens is 1. The number of carbonyl (C=O) groups is 1. The molecule has 0 spiro atoms. The van der Waals surface area contributed by atoms with Crippen LogP contribution >= 0.6 is 23.4 Å². The molecule has 3 aliphatic rings. The Balaban J connectivity index is 1.91. The minimum Gasteiger partial charge on any atom is -0.345 e. The molecule has 4 rings (SSSR count). The molecule has 1 atom stereocenters. The maximum atomic E-state index is 12.6. The van der Waals surface area contributed by atoms with Crippen molar-refractivity contribution in [3.8, 4) is 12.3 Å². The van der Waals surface area contributed by atoms with E-state index in [-0.39, 0.29) is 18.9 Å². The van der Waals surface area contributed by atoms with Crippen LogP contribution in [0, 0.1) is 19.3 Å². The summed E-state index contributed by atoms with van der Waals surface area (Å²) in [6, 6.07) is -0.486. The number of nitrogens with zero attached hydrogens (tertiary/aromatic N) is 4. The number of carbonyl (C=O) groups excluding carboxylic acids is 1. The van der Waals surface area contributed by atoms with Gasteiger partial charge in [-0.3, -0.25) is 14.4 Å². The van der Waals surface area contributed by atoms with Gasteiger partial charge < -0.3 is 5.32 Å². The van der Waals surface area contributed by atoms with E-state index in [1.165, 1.54) is 10.5 Å². The van der Waals surface area contributed by atoms with Crippen molar-refractivity contribution >= 4 is 40.7 Å². The number of amides is 1. The van der Waals surface area contributed by atoms with Crippen molar-refractivity contribution in [3.05, 3.63) is 62.6 Å². The van der Waals surface area contributed by atoms with Gasteiger partial charge in [-0.05, 0) is 55.4 Å². The summed E-state index contributed by atoms with van der Waals surface area (Å²) in [4.78, 5) is 19.0. The van der Waals surface area contributed by atoms with Crippen molar-refractivity contribution in [2.24, 2.45) is 4.99 Å². The third-order valence-electron chi connectivity index (χ3n) is 5.69. The predicted octanol–water partition coefficient (Wildman–Crippen LogP) is 4.48. The van der Waals surface area contributed by atoms with E-state index in [1.807, 2.05) is 31.2 Å². The van der Waals surface area contributed by atoms with Gasteiger partial charge in [0.25, 0.3) is 0 Å². The molecule has 0 radical (unpaired) electrons. The second kappa shape index (κ2) is 9.35. The molecule has 1 aromatic rings. The second-order valence-electron chi connectivity index (χ2n) is 7.76. The van der Waals surface area contributed by atoms with Crippen LogP contribution in [0.15, 0.2) is 56.0 Å². The normalized spacial score (nSPS) is 20.3. The Hall–Kier alpha value is -2.82. The largest absolute Gasteiger partial charge is 0.345 e. The van der Waals surface area contributed by atoms with Crippen LogP contribution in [0.25, 0.3) is 5.70 Å². The lowest BCUT2D eigenvalue weighted by molar-refractivity contribution is -0.121. The number of hydrogen-bond donors (Lipinski definition) is 1.